The number of nitrogens with one attached hydrogen (secondary N) is 2. The molecule has 1 fully saturated rings. The Morgan fingerprint density at radius 2 is 1.81 bits per heavy atom. The Kier molecular flexibility index (Phi) is 6.49. The molecule has 5 heteroatoms. The first-order valence-electron chi connectivity index (χ1n) is 9.34. The molecule has 0 bridgehead atoms. The van der Waals surface area contributed by atoms with Crippen LogP contribution in [0.5, 0.6) is 5.75 Å². The minimum Gasteiger partial charge on any atom is -0.497 e. The number of carbonyl (C=O) groups is 1. The van der Waals surface area contributed by atoms with Gasteiger partial charge in [-0.1, -0.05) is 6.08 Å². The van der Waals surface area contributed by atoms with E-state index < -0.39 is 0 Å². The second-order valence-electron chi connectivity index (χ2n) is 6.69. The maximum atomic E-state index is 12.3. The van der Waals surface area contributed by atoms with Crippen LogP contribution in [0.1, 0.15) is 23.2 Å². The number of carbonyl (C=O) groups excluding carboxylic acids is 1. The Morgan fingerprint density at radius 1 is 1.15 bits per heavy atom. The number of hydrogen-bond acceptors (Lipinski definition) is 4. The molecule has 0 spiro atoms. The van der Waals surface area contributed by atoms with Gasteiger partial charge < -0.3 is 20.3 Å². The lowest BCUT2D eigenvalue weighted by molar-refractivity contribution is 0.102. The Labute approximate surface area is 161 Å². The molecule has 142 valence electrons. The second-order valence-corrected chi connectivity index (χ2v) is 6.69. The predicted octanol–water partition coefficient (Wildman–Crippen LogP) is 3.69. The van der Waals surface area contributed by atoms with Gasteiger partial charge in [0.05, 0.1) is 7.11 Å². The molecule has 0 atom stereocenters. The van der Waals surface area contributed by atoms with Crippen LogP contribution in [-0.2, 0) is 0 Å². The number of anilines is 2. The molecule has 27 heavy (non-hydrogen) atoms. The van der Waals surface area contributed by atoms with Crippen LogP contribution in [-0.4, -0.2) is 38.7 Å². The lowest BCUT2D eigenvalue weighted by Crippen LogP contribution is -2.42. The van der Waals surface area contributed by atoms with E-state index >= 15 is 0 Å². The molecule has 0 unspecified atom stereocenters. The number of amides is 1. The van der Waals surface area contributed by atoms with E-state index in [9.17, 15) is 4.79 Å². The van der Waals surface area contributed by atoms with Gasteiger partial charge in [-0.25, -0.2) is 0 Å². The van der Waals surface area contributed by atoms with Crippen LogP contribution in [0.25, 0.3) is 0 Å². The minimum absolute atomic E-state index is 0.125. The van der Waals surface area contributed by atoms with Crippen LogP contribution in [0.15, 0.2) is 61.2 Å². The molecule has 1 saturated heterocycles. The summed E-state index contributed by atoms with van der Waals surface area (Å²) in [5.74, 6) is 0.610. The molecule has 2 aromatic rings. The van der Waals surface area contributed by atoms with Gasteiger partial charge in [-0.05, 0) is 61.4 Å². The third-order valence-corrected chi connectivity index (χ3v) is 4.89. The second kappa shape index (κ2) is 9.24. The zero-order chi connectivity index (χ0) is 19.1. The Hall–Kier alpha value is -2.79. The summed E-state index contributed by atoms with van der Waals surface area (Å²) in [5, 5.41) is 6.44. The first kappa shape index (κ1) is 19.0. The van der Waals surface area contributed by atoms with Gasteiger partial charge >= 0.3 is 0 Å². The molecular weight excluding hydrogens is 338 g/mol. The van der Waals surface area contributed by atoms with Crippen molar-refractivity contribution in [2.45, 2.75) is 18.9 Å². The molecule has 0 saturated carbocycles. The number of piperidine rings is 1. The highest BCUT2D eigenvalue weighted by Gasteiger charge is 2.18. The normalized spacial score (nSPS) is 14.6. The summed E-state index contributed by atoms with van der Waals surface area (Å²) in [6.07, 6.45) is 4.17. The molecular formula is C22H27N3O2. The molecule has 1 aliphatic heterocycles. The molecule has 2 N–H and O–H groups in total. The van der Waals surface area contributed by atoms with Crippen LogP contribution in [0.4, 0.5) is 11.4 Å². The summed E-state index contributed by atoms with van der Waals surface area (Å²) in [7, 11) is 1.61. The fourth-order valence-corrected chi connectivity index (χ4v) is 3.29. The first-order valence-corrected chi connectivity index (χ1v) is 9.34. The number of ether oxygens (including phenoxy) is 1. The molecule has 3 rings (SSSR count). The zero-order valence-corrected chi connectivity index (χ0v) is 15.8. The maximum absolute atomic E-state index is 12.3. The Balaban J connectivity index is 1.54. The summed E-state index contributed by atoms with van der Waals surface area (Å²) >= 11 is 0. The number of rotatable bonds is 7. The van der Waals surface area contributed by atoms with Crippen LogP contribution >= 0.6 is 0 Å². The largest absolute Gasteiger partial charge is 0.497 e. The van der Waals surface area contributed by atoms with Crippen molar-refractivity contribution in [3.63, 3.8) is 0 Å². The van der Waals surface area contributed by atoms with Crippen molar-refractivity contribution >= 4 is 17.3 Å². The van der Waals surface area contributed by atoms with Gasteiger partial charge in [-0.15, -0.1) is 6.58 Å². The van der Waals surface area contributed by atoms with E-state index in [-0.39, 0.29) is 5.91 Å². The molecule has 1 aliphatic rings. The molecule has 1 heterocycles. The van der Waals surface area contributed by atoms with Crippen LogP contribution in [0.3, 0.4) is 0 Å². The number of nitrogens with zero attached hydrogens (tertiary/aromatic N) is 1. The van der Waals surface area contributed by atoms with E-state index in [0.717, 1.165) is 43.9 Å². The molecule has 0 aromatic heterocycles. The van der Waals surface area contributed by atoms with Gasteiger partial charge in [0.25, 0.3) is 5.91 Å². The third kappa shape index (κ3) is 5.11. The molecule has 2 aromatic carbocycles. The number of benzene rings is 2. The van der Waals surface area contributed by atoms with Crippen molar-refractivity contribution in [2.75, 3.05) is 37.0 Å². The lowest BCUT2D eigenvalue weighted by Gasteiger charge is -2.34. The van der Waals surface area contributed by atoms with Gasteiger partial charge in [0, 0.05) is 42.6 Å². The van der Waals surface area contributed by atoms with E-state index in [4.69, 9.17) is 4.74 Å². The summed E-state index contributed by atoms with van der Waals surface area (Å²) < 4.78 is 5.12. The van der Waals surface area contributed by atoms with Crippen LogP contribution < -0.4 is 20.3 Å². The van der Waals surface area contributed by atoms with Crippen molar-refractivity contribution in [1.82, 2.24) is 5.32 Å². The Morgan fingerprint density at radius 3 is 2.41 bits per heavy atom. The van der Waals surface area contributed by atoms with Crippen molar-refractivity contribution in [3.8, 4) is 5.75 Å². The molecule has 0 aliphatic carbocycles. The van der Waals surface area contributed by atoms with E-state index in [2.05, 4.69) is 34.2 Å². The SMILES string of the molecule is C=CCNC1CCN(c2ccc(NC(=O)c3ccc(OC)cc3)cc2)CC1. The van der Waals surface area contributed by atoms with Gasteiger partial charge in [-0.3, -0.25) is 4.79 Å². The summed E-state index contributed by atoms with van der Waals surface area (Å²) in [5.41, 5.74) is 2.59. The average Bonchev–Trinajstić information content (AvgIpc) is 2.73. The topological polar surface area (TPSA) is 53.6 Å². The van der Waals surface area contributed by atoms with Crippen molar-refractivity contribution < 1.29 is 9.53 Å². The van der Waals surface area contributed by atoms with Gasteiger partial charge in [0.1, 0.15) is 5.75 Å². The predicted molar refractivity (Wildman–Crippen MR) is 111 cm³/mol. The standard InChI is InChI=1S/C22H27N3O2/c1-3-14-23-18-12-15-25(16-13-18)20-8-6-19(7-9-20)24-22(26)17-4-10-21(27-2)11-5-17/h3-11,18,23H,1,12-16H2,2H3,(H,24,26). The summed E-state index contributed by atoms with van der Waals surface area (Å²) in [6, 6.07) is 15.7. The quantitative estimate of drug-likeness (QED) is 0.735. The maximum Gasteiger partial charge on any atom is 0.255 e. The fraction of sp³-hybridized carbons (Fsp3) is 0.318. The van der Waals surface area contributed by atoms with Crippen molar-refractivity contribution in [1.29, 1.82) is 0 Å². The average molecular weight is 365 g/mol. The van der Waals surface area contributed by atoms with E-state index in [0.29, 0.717) is 11.6 Å². The Bertz CT molecular complexity index is 748. The first-order chi connectivity index (χ1) is 13.2. The highest BCUT2D eigenvalue weighted by Crippen LogP contribution is 2.22. The fourth-order valence-electron chi connectivity index (χ4n) is 3.29. The molecule has 1 amide bonds. The molecule has 5 nitrogen and oxygen atoms in total. The van der Waals surface area contributed by atoms with E-state index in [1.807, 2.05) is 18.2 Å². The summed E-state index contributed by atoms with van der Waals surface area (Å²) in [4.78, 5) is 14.7. The highest BCUT2D eigenvalue weighted by molar-refractivity contribution is 6.04. The van der Waals surface area contributed by atoms with E-state index in [1.54, 1.807) is 31.4 Å². The van der Waals surface area contributed by atoms with Crippen molar-refractivity contribution in [2.24, 2.45) is 0 Å². The van der Waals surface area contributed by atoms with Crippen LogP contribution in [0.2, 0.25) is 0 Å². The van der Waals surface area contributed by atoms with E-state index in [1.165, 1.54) is 5.69 Å². The van der Waals surface area contributed by atoms with Crippen molar-refractivity contribution in [3.05, 3.63) is 66.7 Å². The molecule has 0 radical (unpaired) electrons. The number of hydrogen-bond donors (Lipinski definition) is 2. The van der Waals surface area contributed by atoms with Gasteiger partial charge in [-0.2, -0.15) is 0 Å². The minimum atomic E-state index is -0.125. The third-order valence-electron chi connectivity index (χ3n) is 4.89. The monoisotopic (exact) mass is 365 g/mol. The number of methoxy groups -OCH3 is 1. The lowest BCUT2D eigenvalue weighted by atomic mass is 10.0. The van der Waals surface area contributed by atoms with Gasteiger partial charge in [0.2, 0.25) is 0 Å². The summed E-state index contributed by atoms with van der Waals surface area (Å²) in [6.45, 7) is 6.69. The van der Waals surface area contributed by atoms with Gasteiger partial charge in [0.15, 0.2) is 0 Å². The smallest absolute Gasteiger partial charge is 0.255 e. The van der Waals surface area contributed by atoms with Crippen LogP contribution in [0, 0.1) is 0 Å². The highest BCUT2D eigenvalue weighted by atomic mass is 16.5. The zero-order valence-electron chi connectivity index (χ0n) is 15.8.